The molecule has 0 radical (unpaired) electrons. The first-order chi connectivity index (χ1) is 11.4. The fraction of sp³-hybridized carbons (Fsp3) is 0.625. The van der Waals surface area contributed by atoms with Crippen molar-refractivity contribution in [1.82, 2.24) is 9.62 Å². The van der Waals surface area contributed by atoms with Crippen LogP contribution in [0.15, 0.2) is 23.1 Å². The van der Waals surface area contributed by atoms with Crippen molar-refractivity contribution in [3.05, 3.63) is 29.0 Å². The molecule has 0 spiro atoms. The molecule has 0 aromatic heterocycles. The molecule has 0 unspecified atom stereocenters. The van der Waals surface area contributed by atoms with Gasteiger partial charge in [0.15, 0.2) is 0 Å². The Morgan fingerprint density at radius 1 is 1.29 bits per heavy atom. The summed E-state index contributed by atoms with van der Waals surface area (Å²) in [7, 11) is -3.77. The Labute approximate surface area is 146 Å². The fourth-order valence-corrected chi connectivity index (χ4v) is 5.49. The molecule has 132 valence electrons. The minimum absolute atomic E-state index is 0.0810. The van der Waals surface area contributed by atoms with Crippen molar-refractivity contribution in [3.8, 4) is 0 Å². The maximum atomic E-state index is 13.1. The van der Waals surface area contributed by atoms with Crippen LogP contribution in [0.2, 0.25) is 5.02 Å². The van der Waals surface area contributed by atoms with Gasteiger partial charge in [0, 0.05) is 25.2 Å². The van der Waals surface area contributed by atoms with Crippen LogP contribution in [0.1, 0.15) is 19.3 Å². The summed E-state index contributed by atoms with van der Waals surface area (Å²) < 4.78 is 46.9. The van der Waals surface area contributed by atoms with Gasteiger partial charge < -0.3 is 4.74 Å². The van der Waals surface area contributed by atoms with Gasteiger partial charge in [-0.05, 0) is 43.4 Å². The van der Waals surface area contributed by atoms with Crippen molar-refractivity contribution in [1.29, 1.82) is 0 Å². The van der Waals surface area contributed by atoms with Gasteiger partial charge in [-0.2, -0.15) is 0 Å². The molecule has 0 amide bonds. The average molecular weight is 375 g/mol. The largest absolute Gasteiger partial charge is 0.375 e. The van der Waals surface area contributed by atoms with Crippen LogP contribution in [0, 0.1) is 11.7 Å². The van der Waals surface area contributed by atoms with Gasteiger partial charge in [-0.15, -0.1) is 0 Å². The third-order valence-electron chi connectivity index (χ3n) is 5.10. The molecule has 5 nitrogen and oxygen atoms in total. The number of sulfonamides is 1. The quantitative estimate of drug-likeness (QED) is 0.875. The van der Waals surface area contributed by atoms with E-state index in [1.165, 1.54) is 18.9 Å². The van der Waals surface area contributed by atoms with Crippen molar-refractivity contribution < 1.29 is 17.5 Å². The van der Waals surface area contributed by atoms with Gasteiger partial charge >= 0.3 is 0 Å². The van der Waals surface area contributed by atoms with Crippen LogP contribution in [0.5, 0.6) is 0 Å². The maximum Gasteiger partial charge on any atom is 0.242 e. The number of benzene rings is 1. The predicted molar refractivity (Wildman–Crippen MR) is 88.0 cm³/mol. The molecule has 2 aliphatic heterocycles. The lowest BCUT2D eigenvalue weighted by Gasteiger charge is -2.35. The molecule has 3 atom stereocenters. The number of rotatable bonds is 4. The van der Waals surface area contributed by atoms with Gasteiger partial charge in [-0.25, -0.2) is 17.5 Å². The monoisotopic (exact) mass is 374 g/mol. The molecule has 3 aliphatic rings. The highest BCUT2D eigenvalue weighted by Crippen LogP contribution is 2.38. The van der Waals surface area contributed by atoms with Crippen LogP contribution in [-0.2, 0) is 14.8 Å². The normalized spacial score (nSPS) is 31.2. The Balaban J connectivity index is 1.44. The fourth-order valence-electron chi connectivity index (χ4n) is 3.71. The van der Waals surface area contributed by atoms with E-state index >= 15 is 0 Å². The maximum absolute atomic E-state index is 13.1. The Morgan fingerprint density at radius 3 is 2.79 bits per heavy atom. The molecule has 1 aliphatic carbocycles. The highest BCUT2D eigenvalue weighted by Gasteiger charge is 2.43. The lowest BCUT2D eigenvalue weighted by molar-refractivity contribution is -0.0581. The zero-order valence-electron chi connectivity index (χ0n) is 13.1. The first kappa shape index (κ1) is 16.7. The number of nitrogens with one attached hydrogen (secondary N) is 1. The summed E-state index contributed by atoms with van der Waals surface area (Å²) in [6.07, 6.45) is 3.49. The Morgan fingerprint density at radius 2 is 2.08 bits per heavy atom. The first-order valence-electron chi connectivity index (χ1n) is 8.25. The molecule has 1 aromatic rings. The summed E-state index contributed by atoms with van der Waals surface area (Å²) in [5.41, 5.74) is 0. The smallest absolute Gasteiger partial charge is 0.242 e. The highest BCUT2D eigenvalue weighted by molar-refractivity contribution is 7.89. The number of nitrogens with zero attached hydrogens (tertiary/aromatic N) is 1. The molecular weight excluding hydrogens is 355 g/mol. The van der Waals surface area contributed by atoms with Gasteiger partial charge in [0.2, 0.25) is 10.0 Å². The van der Waals surface area contributed by atoms with E-state index in [0.717, 1.165) is 25.1 Å². The zero-order chi connectivity index (χ0) is 16.9. The van der Waals surface area contributed by atoms with Crippen LogP contribution in [0.25, 0.3) is 0 Å². The van der Waals surface area contributed by atoms with E-state index in [0.29, 0.717) is 25.2 Å². The molecule has 1 N–H and O–H groups in total. The van der Waals surface area contributed by atoms with Gasteiger partial charge in [0.05, 0.1) is 17.7 Å². The SMILES string of the molecule is O=S(=O)(N[C@H]1C[C@H]2CO[C@@H](C3CC3)CN2C1)c1ccc(F)cc1Cl. The number of halogens is 2. The summed E-state index contributed by atoms with van der Waals surface area (Å²) in [6, 6.07) is 3.40. The lowest BCUT2D eigenvalue weighted by Crippen LogP contribution is -2.47. The minimum atomic E-state index is -3.77. The van der Waals surface area contributed by atoms with E-state index in [9.17, 15) is 12.8 Å². The first-order valence-corrected chi connectivity index (χ1v) is 10.1. The van der Waals surface area contributed by atoms with Gasteiger partial charge in [0.1, 0.15) is 10.7 Å². The molecule has 4 rings (SSSR count). The van der Waals surface area contributed by atoms with Crippen LogP contribution < -0.4 is 4.72 Å². The van der Waals surface area contributed by atoms with E-state index in [1.807, 2.05) is 0 Å². The Bertz CT molecular complexity index is 741. The molecule has 8 heteroatoms. The molecular formula is C16H20ClFN2O3S. The van der Waals surface area contributed by atoms with E-state index in [-0.39, 0.29) is 22.0 Å². The van der Waals surface area contributed by atoms with E-state index in [1.54, 1.807) is 0 Å². The molecule has 2 saturated heterocycles. The number of hydrogen-bond donors (Lipinski definition) is 1. The van der Waals surface area contributed by atoms with E-state index < -0.39 is 15.8 Å². The number of hydrogen-bond acceptors (Lipinski definition) is 4. The number of ether oxygens (including phenoxy) is 1. The summed E-state index contributed by atoms with van der Waals surface area (Å²) in [4.78, 5) is 2.24. The number of fused-ring (bicyclic) bond motifs is 1. The molecule has 1 saturated carbocycles. The second-order valence-electron chi connectivity index (χ2n) is 6.95. The molecule has 0 bridgehead atoms. The van der Waals surface area contributed by atoms with Crippen LogP contribution in [-0.4, -0.2) is 51.2 Å². The third kappa shape index (κ3) is 3.32. The molecule has 3 fully saturated rings. The third-order valence-corrected chi connectivity index (χ3v) is 7.10. The average Bonchev–Trinajstić information content (AvgIpc) is 3.27. The van der Waals surface area contributed by atoms with Crippen molar-refractivity contribution in [2.24, 2.45) is 5.92 Å². The van der Waals surface area contributed by atoms with Crippen LogP contribution >= 0.6 is 11.6 Å². The highest BCUT2D eigenvalue weighted by atomic mass is 35.5. The predicted octanol–water partition coefficient (Wildman–Crippen LogP) is 2.01. The van der Waals surface area contributed by atoms with E-state index in [4.69, 9.17) is 16.3 Å². The second-order valence-corrected chi connectivity index (χ2v) is 9.04. The molecule has 24 heavy (non-hydrogen) atoms. The molecule has 1 aromatic carbocycles. The van der Waals surface area contributed by atoms with Crippen LogP contribution in [0.3, 0.4) is 0 Å². The Kier molecular flexibility index (Phi) is 4.33. The molecule has 2 heterocycles. The summed E-state index contributed by atoms with van der Waals surface area (Å²) in [5, 5.41) is -0.102. The summed E-state index contributed by atoms with van der Waals surface area (Å²) in [6.45, 7) is 2.22. The van der Waals surface area contributed by atoms with Crippen molar-refractivity contribution in [3.63, 3.8) is 0 Å². The minimum Gasteiger partial charge on any atom is -0.375 e. The van der Waals surface area contributed by atoms with Gasteiger partial charge in [-0.1, -0.05) is 11.6 Å². The van der Waals surface area contributed by atoms with Gasteiger partial charge in [0.25, 0.3) is 0 Å². The van der Waals surface area contributed by atoms with E-state index in [2.05, 4.69) is 9.62 Å². The van der Waals surface area contributed by atoms with Crippen molar-refractivity contribution in [2.75, 3.05) is 19.7 Å². The second kappa shape index (κ2) is 6.21. The van der Waals surface area contributed by atoms with Crippen molar-refractivity contribution >= 4 is 21.6 Å². The number of morpholine rings is 1. The topological polar surface area (TPSA) is 58.6 Å². The standard InChI is InChI=1S/C16H20ClFN2O3S/c17-14-5-11(18)3-4-16(14)24(21,22)19-12-6-13-9-23-15(10-1-2-10)8-20(13)7-12/h3-5,10,12-13,15,19H,1-2,6-9H2/t12-,13-,15+/m0/s1. The zero-order valence-corrected chi connectivity index (χ0v) is 14.7. The van der Waals surface area contributed by atoms with Gasteiger partial charge in [-0.3, -0.25) is 4.90 Å². The van der Waals surface area contributed by atoms with Crippen molar-refractivity contribution in [2.45, 2.75) is 42.3 Å². The Hall–Kier alpha value is -0.730. The lowest BCUT2D eigenvalue weighted by atomic mass is 10.1. The van der Waals surface area contributed by atoms with Crippen LogP contribution in [0.4, 0.5) is 4.39 Å². The summed E-state index contributed by atoms with van der Waals surface area (Å²) in [5.74, 6) is 0.125. The summed E-state index contributed by atoms with van der Waals surface area (Å²) >= 11 is 5.89.